The number of hydrogen-bond acceptors (Lipinski definition) is 5. The smallest absolute Gasteiger partial charge is 0.252 e. The Morgan fingerprint density at radius 1 is 1.09 bits per heavy atom. The SMILES string of the molecule is Cc1ccc2[nH]c(=O)c(CN(C3CCCC3)[C@@H](c3nnnn3Cc3ccccc3)C(C)C)cc2c1. The van der Waals surface area contributed by atoms with Crippen LogP contribution in [0.1, 0.15) is 68.1 Å². The maximum atomic E-state index is 13.1. The van der Waals surface area contributed by atoms with Crippen molar-refractivity contribution >= 4 is 10.9 Å². The summed E-state index contributed by atoms with van der Waals surface area (Å²) in [6.07, 6.45) is 4.70. The highest BCUT2D eigenvalue weighted by molar-refractivity contribution is 5.79. The number of tetrazole rings is 1. The third-order valence-electron chi connectivity index (χ3n) is 7.21. The number of aryl methyl sites for hydroxylation is 1. The number of rotatable bonds is 8. The molecule has 0 aliphatic heterocycles. The number of hydrogen-bond donors (Lipinski definition) is 1. The van der Waals surface area contributed by atoms with Crippen molar-refractivity contribution in [1.29, 1.82) is 0 Å². The number of H-pyrrole nitrogens is 1. The van der Waals surface area contributed by atoms with Crippen LogP contribution in [0.2, 0.25) is 0 Å². The summed E-state index contributed by atoms with van der Waals surface area (Å²) in [7, 11) is 0. The van der Waals surface area contributed by atoms with E-state index in [0.717, 1.165) is 40.7 Å². The van der Waals surface area contributed by atoms with E-state index in [1.54, 1.807) is 0 Å². The van der Waals surface area contributed by atoms with Crippen molar-refractivity contribution in [2.75, 3.05) is 0 Å². The van der Waals surface area contributed by atoms with Crippen LogP contribution >= 0.6 is 0 Å². The predicted molar refractivity (Wildman–Crippen MR) is 138 cm³/mol. The minimum atomic E-state index is -0.0178. The van der Waals surface area contributed by atoms with Crippen LogP contribution in [-0.4, -0.2) is 36.1 Å². The van der Waals surface area contributed by atoms with Gasteiger partial charge in [-0.25, -0.2) is 4.68 Å². The zero-order valence-electron chi connectivity index (χ0n) is 20.8. The standard InChI is InChI=1S/C28H34N6O/c1-19(2)26(27-30-31-32-34(27)17-21-9-5-4-6-10-21)33(24-11-7-8-12-24)18-23-16-22-15-20(3)13-14-25(22)29-28(23)35/h4-6,9-10,13-16,19,24,26H,7-8,11-12,17-18H2,1-3H3,(H,29,35)/t26-/m1/s1. The molecule has 35 heavy (non-hydrogen) atoms. The first kappa shape index (κ1) is 23.4. The Kier molecular flexibility index (Phi) is 6.77. The highest BCUT2D eigenvalue weighted by atomic mass is 16.1. The van der Waals surface area contributed by atoms with Gasteiger partial charge < -0.3 is 4.98 Å². The number of aromatic nitrogens is 5. The molecular weight excluding hydrogens is 436 g/mol. The number of aromatic amines is 1. The fourth-order valence-electron chi connectivity index (χ4n) is 5.50. The summed E-state index contributed by atoms with van der Waals surface area (Å²) in [6, 6.07) is 18.9. The van der Waals surface area contributed by atoms with E-state index in [-0.39, 0.29) is 17.5 Å². The van der Waals surface area contributed by atoms with E-state index in [4.69, 9.17) is 0 Å². The molecule has 0 saturated heterocycles. The summed E-state index contributed by atoms with van der Waals surface area (Å²) in [5.41, 5.74) is 4.00. The normalized spacial score (nSPS) is 15.5. The van der Waals surface area contributed by atoms with Gasteiger partial charge in [-0.05, 0) is 65.3 Å². The summed E-state index contributed by atoms with van der Waals surface area (Å²) in [5, 5.41) is 14.0. The average molecular weight is 471 g/mol. The summed E-state index contributed by atoms with van der Waals surface area (Å²) in [4.78, 5) is 18.7. The molecule has 0 radical (unpaired) electrons. The molecule has 2 aromatic carbocycles. The molecule has 182 valence electrons. The van der Waals surface area contributed by atoms with E-state index in [2.05, 4.69) is 70.4 Å². The number of benzene rings is 2. The van der Waals surface area contributed by atoms with Gasteiger partial charge in [-0.1, -0.05) is 68.7 Å². The largest absolute Gasteiger partial charge is 0.322 e. The van der Waals surface area contributed by atoms with Gasteiger partial charge in [0.05, 0.1) is 12.6 Å². The second-order valence-corrected chi connectivity index (χ2v) is 10.2. The molecule has 0 bridgehead atoms. The van der Waals surface area contributed by atoms with Gasteiger partial charge >= 0.3 is 0 Å². The minimum absolute atomic E-state index is 0.00409. The number of fused-ring (bicyclic) bond motifs is 1. The van der Waals surface area contributed by atoms with Crippen molar-refractivity contribution in [3.05, 3.63) is 87.5 Å². The van der Waals surface area contributed by atoms with E-state index in [0.29, 0.717) is 19.1 Å². The summed E-state index contributed by atoms with van der Waals surface area (Å²) in [6.45, 7) is 7.73. The second-order valence-electron chi connectivity index (χ2n) is 10.2. The van der Waals surface area contributed by atoms with Crippen LogP contribution in [0.3, 0.4) is 0 Å². The molecule has 1 saturated carbocycles. The minimum Gasteiger partial charge on any atom is -0.322 e. The van der Waals surface area contributed by atoms with Gasteiger partial charge in [0.15, 0.2) is 5.82 Å². The average Bonchev–Trinajstić information content (AvgIpc) is 3.53. The Balaban J connectivity index is 1.53. The molecule has 2 heterocycles. The fraction of sp³-hybridized carbons (Fsp3) is 0.429. The molecule has 1 aliphatic carbocycles. The summed E-state index contributed by atoms with van der Waals surface area (Å²) >= 11 is 0. The van der Waals surface area contributed by atoms with Crippen molar-refractivity contribution < 1.29 is 0 Å². The van der Waals surface area contributed by atoms with Gasteiger partial charge in [-0.3, -0.25) is 9.69 Å². The summed E-state index contributed by atoms with van der Waals surface area (Å²) < 4.78 is 1.93. The van der Waals surface area contributed by atoms with Crippen molar-refractivity contribution in [3.8, 4) is 0 Å². The lowest BCUT2D eigenvalue weighted by Crippen LogP contribution is -2.41. The maximum absolute atomic E-state index is 13.1. The topological polar surface area (TPSA) is 79.7 Å². The lowest BCUT2D eigenvalue weighted by atomic mass is 9.97. The van der Waals surface area contributed by atoms with E-state index in [1.807, 2.05) is 35.0 Å². The van der Waals surface area contributed by atoms with Crippen molar-refractivity contribution in [2.24, 2.45) is 5.92 Å². The van der Waals surface area contributed by atoms with Crippen LogP contribution in [0, 0.1) is 12.8 Å². The molecule has 2 aromatic heterocycles. The van der Waals surface area contributed by atoms with Gasteiger partial charge in [0, 0.05) is 23.7 Å². The lowest BCUT2D eigenvalue weighted by Gasteiger charge is -2.38. The maximum Gasteiger partial charge on any atom is 0.252 e. The highest BCUT2D eigenvalue weighted by Crippen LogP contribution is 2.36. The number of pyridine rings is 1. The van der Waals surface area contributed by atoms with E-state index < -0.39 is 0 Å². The molecule has 1 aliphatic rings. The monoisotopic (exact) mass is 470 g/mol. The van der Waals surface area contributed by atoms with Crippen molar-refractivity contribution in [1.82, 2.24) is 30.1 Å². The van der Waals surface area contributed by atoms with Gasteiger partial charge in [0.2, 0.25) is 0 Å². The van der Waals surface area contributed by atoms with Crippen LogP contribution in [0.5, 0.6) is 0 Å². The van der Waals surface area contributed by atoms with E-state index >= 15 is 0 Å². The molecule has 1 fully saturated rings. The van der Waals surface area contributed by atoms with Crippen LogP contribution in [-0.2, 0) is 13.1 Å². The molecule has 0 amide bonds. The first-order valence-corrected chi connectivity index (χ1v) is 12.7. The van der Waals surface area contributed by atoms with Gasteiger partial charge in [0.25, 0.3) is 5.56 Å². The second kappa shape index (κ2) is 10.1. The highest BCUT2D eigenvalue weighted by Gasteiger charge is 2.35. The first-order valence-electron chi connectivity index (χ1n) is 12.7. The number of nitrogens with zero attached hydrogens (tertiary/aromatic N) is 5. The Morgan fingerprint density at radius 2 is 1.86 bits per heavy atom. The van der Waals surface area contributed by atoms with E-state index in [9.17, 15) is 4.79 Å². The Morgan fingerprint density at radius 3 is 2.60 bits per heavy atom. The fourth-order valence-corrected chi connectivity index (χ4v) is 5.50. The first-order chi connectivity index (χ1) is 17.0. The molecule has 1 N–H and O–H groups in total. The van der Waals surface area contributed by atoms with Crippen LogP contribution in [0.4, 0.5) is 0 Å². The van der Waals surface area contributed by atoms with Crippen molar-refractivity contribution in [3.63, 3.8) is 0 Å². The molecule has 4 aromatic rings. The van der Waals surface area contributed by atoms with Gasteiger partial charge in [0.1, 0.15) is 0 Å². The molecular formula is C28H34N6O. The van der Waals surface area contributed by atoms with Gasteiger partial charge in [-0.15, -0.1) is 5.10 Å². The van der Waals surface area contributed by atoms with Gasteiger partial charge in [-0.2, -0.15) is 0 Å². The Labute approximate surface area is 206 Å². The zero-order valence-corrected chi connectivity index (χ0v) is 20.8. The lowest BCUT2D eigenvalue weighted by molar-refractivity contribution is 0.0844. The summed E-state index contributed by atoms with van der Waals surface area (Å²) in [5.74, 6) is 1.14. The molecule has 5 rings (SSSR count). The molecule has 1 atom stereocenters. The third-order valence-corrected chi connectivity index (χ3v) is 7.21. The molecule has 7 heteroatoms. The quantitative estimate of drug-likeness (QED) is 0.391. The molecule has 0 unspecified atom stereocenters. The molecule has 0 spiro atoms. The van der Waals surface area contributed by atoms with Crippen LogP contribution in [0.25, 0.3) is 10.9 Å². The Hall–Kier alpha value is -3.32. The number of nitrogens with one attached hydrogen (secondary N) is 1. The third kappa shape index (κ3) is 5.05. The van der Waals surface area contributed by atoms with Crippen LogP contribution < -0.4 is 5.56 Å². The molecule has 7 nitrogen and oxygen atoms in total. The predicted octanol–water partition coefficient (Wildman–Crippen LogP) is 5.01. The van der Waals surface area contributed by atoms with Crippen LogP contribution in [0.15, 0.2) is 59.4 Å². The zero-order chi connectivity index (χ0) is 24.4. The Bertz CT molecular complexity index is 1340. The van der Waals surface area contributed by atoms with Crippen molar-refractivity contribution in [2.45, 2.75) is 71.6 Å². The van der Waals surface area contributed by atoms with E-state index in [1.165, 1.54) is 18.4 Å².